The van der Waals surface area contributed by atoms with Gasteiger partial charge >= 0.3 is 6.01 Å². The lowest BCUT2D eigenvalue weighted by atomic mass is 9.98. The largest absolute Gasteiger partial charge is 0.422 e. The van der Waals surface area contributed by atoms with E-state index in [1.165, 1.54) is 9.58 Å². The average molecular weight is 416 g/mol. The first-order chi connectivity index (χ1) is 14.8. The van der Waals surface area contributed by atoms with Gasteiger partial charge in [0.05, 0.1) is 17.2 Å². The standard InChI is InChI=1S/C23H20N4O4/c1-12-8-9-13(2)17(10-12)26-19(28)11-15(21(26)29)20-14(3)25-27(22(20)30)23-24-16-6-4-5-7-18(16)31-23/h4-10,15,25H,11H2,1-3H3/t15-/m0/s1. The van der Waals surface area contributed by atoms with Gasteiger partial charge in [-0.1, -0.05) is 24.3 Å². The molecule has 1 aliphatic heterocycles. The molecule has 0 aliphatic carbocycles. The molecule has 8 nitrogen and oxygen atoms in total. The highest BCUT2D eigenvalue weighted by molar-refractivity contribution is 6.23. The summed E-state index contributed by atoms with van der Waals surface area (Å²) in [4.78, 5) is 44.8. The van der Waals surface area contributed by atoms with Gasteiger partial charge in [0.25, 0.3) is 5.56 Å². The number of hydrogen-bond donors (Lipinski definition) is 1. The summed E-state index contributed by atoms with van der Waals surface area (Å²) in [5.41, 5.74) is 3.80. The van der Waals surface area contributed by atoms with Crippen LogP contribution in [0.25, 0.3) is 17.1 Å². The Morgan fingerprint density at radius 2 is 1.84 bits per heavy atom. The SMILES string of the molecule is Cc1ccc(C)c(N2C(=O)C[C@@H](c3c(C)[nH]n(-c4nc5ccccc5o4)c3=O)C2=O)c1. The first kappa shape index (κ1) is 19.0. The molecule has 2 aromatic carbocycles. The van der Waals surface area contributed by atoms with E-state index in [4.69, 9.17) is 4.42 Å². The van der Waals surface area contributed by atoms with Gasteiger partial charge in [-0.05, 0) is 50.1 Å². The van der Waals surface area contributed by atoms with Gasteiger partial charge in [-0.2, -0.15) is 9.67 Å². The maximum Gasteiger partial charge on any atom is 0.325 e. The van der Waals surface area contributed by atoms with Crippen molar-refractivity contribution in [3.63, 3.8) is 0 Å². The fourth-order valence-electron chi connectivity index (χ4n) is 4.13. The summed E-state index contributed by atoms with van der Waals surface area (Å²) in [7, 11) is 0. The molecule has 0 bridgehead atoms. The van der Waals surface area contributed by atoms with Gasteiger partial charge in [0.2, 0.25) is 11.8 Å². The van der Waals surface area contributed by atoms with Crippen LogP contribution in [0.1, 0.15) is 34.7 Å². The highest BCUT2D eigenvalue weighted by atomic mass is 16.4. The molecule has 1 saturated heterocycles. The van der Waals surface area contributed by atoms with Crippen molar-refractivity contribution >= 4 is 28.6 Å². The number of aromatic amines is 1. The van der Waals surface area contributed by atoms with Crippen LogP contribution in [-0.4, -0.2) is 26.6 Å². The molecule has 1 aliphatic rings. The van der Waals surface area contributed by atoms with Crippen molar-refractivity contribution in [2.45, 2.75) is 33.1 Å². The van der Waals surface area contributed by atoms with Crippen LogP contribution in [0, 0.1) is 20.8 Å². The Labute approximate surface area is 177 Å². The van der Waals surface area contributed by atoms with E-state index < -0.39 is 17.4 Å². The number of nitrogens with zero attached hydrogens (tertiary/aromatic N) is 3. The van der Waals surface area contributed by atoms with Crippen molar-refractivity contribution in [2.75, 3.05) is 4.90 Å². The second-order valence-corrected chi connectivity index (χ2v) is 7.87. The number of aromatic nitrogens is 3. The number of rotatable bonds is 3. The zero-order valence-electron chi connectivity index (χ0n) is 17.3. The lowest BCUT2D eigenvalue weighted by molar-refractivity contribution is -0.121. The Morgan fingerprint density at radius 3 is 2.61 bits per heavy atom. The van der Waals surface area contributed by atoms with Crippen LogP contribution in [0.2, 0.25) is 0 Å². The molecule has 3 heterocycles. The Balaban J connectivity index is 1.57. The first-order valence-corrected chi connectivity index (χ1v) is 9.96. The number of para-hydroxylation sites is 2. The maximum atomic E-state index is 13.3. The smallest absolute Gasteiger partial charge is 0.325 e. The molecule has 0 unspecified atom stereocenters. The number of fused-ring (bicyclic) bond motifs is 1. The number of hydrogen-bond acceptors (Lipinski definition) is 5. The minimum Gasteiger partial charge on any atom is -0.422 e. The number of H-pyrrole nitrogens is 1. The van der Waals surface area contributed by atoms with Crippen molar-refractivity contribution in [3.05, 3.63) is 75.2 Å². The van der Waals surface area contributed by atoms with Crippen LogP contribution >= 0.6 is 0 Å². The number of nitrogens with one attached hydrogen (secondary N) is 1. The molecule has 156 valence electrons. The van der Waals surface area contributed by atoms with Gasteiger partial charge in [-0.15, -0.1) is 0 Å². The molecular weight excluding hydrogens is 396 g/mol. The molecule has 31 heavy (non-hydrogen) atoms. The Morgan fingerprint density at radius 1 is 1.06 bits per heavy atom. The number of carbonyl (C=O) groups excluding carboxylic acids is 2. The third-order valence-corrected chi connectivity index (χ3v) is 5.69. The van der Waals surface area contributed by atoms with Crippen LogP contribution in [-0.2, 0) is 9.59 Å². The van der Waals surface area contributed by atoms with E-state index in [-0.39, 0.29) is 23.9 Å². The quantitative estimate of drug-likeness (QED) is 0.517. The fourth-order valence-corrected chi connectivity index (χ4v) is 4.13. The minimum atomic E-state index is -0.859. The van der Waals surface area contributed by atoms with Crippen molar-refractivity contribution in [1.82, 2.24) is 14.8 Å². The van der Waals surface area contributed by atoms with E-state index in [1.54, 1.807) is 19.1 Å². The molecule has 1 N–H and O–H groups in total. The third kappa shape index (κ3) is 2.91. The summed E-state index contributed by atoms with van der Waals surface area (Å²) in [6.07, 6.45) is -0.0618. The summed E-state index contributed by atoms with van der Waals surface area (Å²) in [5, 5.41) is 2.94. The zero-order chi connectivity index (χ0) is 21.9. The van der Waals surface area contributed by atoms with E-state index in [2.05, 4.69) is 10.1 Å². The monoisotopic (exact) mass is 416 g/mol. The van der Waals surface area contributed by atoms with E-state index in [9.17, 15) is 14.4 Å². The number of oxazole rings is 1. The fraction of sp³-hybridized carbons (Fsp3) is 0.217. The molecule has 4 aromatic rings. The third-order valence-electron chi connectivity index (χ3n) is 5.69. The molecule has 1 fully saturated rings. The Hall–Kier alpha value is -3.94. The van der Waals surface area contributed by atoms with Gasteiger partial charge in [-0.3, -0.25) is 19.5 Å². The minimum absolute atomic E-state index is 0.0618. The van der Waals surface area contributed by atoms with E-state index in [0.29, 0.717) is 22.5 Å². The molecule has 2 aromatic heterocycles. The lowest BCUT2D eigenvalue weighted by Gasteiger charge is -2.18. The maximum absolute atomic E-state index is 13.3. The molecule has 0 radical (unpaired) electrons. The number of carbonyl (C=O) groups is 2. The van der Waals surface area contributed by atoms with Crippen LogP contribution in [0.5, 0.6) is 0 Å². The number of aryl methyl sites for hydroxylation is 3. The number of benzene rings is 2. The average Bonchev–Trinajstić information content (AvgIpc) is 3.37. The summed E-state index contributed by atoms with van der Waals surface area (Å²) >= 11 is 0. The molecule has 2 amide bonds. The predicted molar refractivity (Wildman–Crippen MR) is 114 cm³/mol. The topological polar surface area (TPSA) is 101 Å². The summed E-state index contributed by atoms with van der Waals surface area (Å²) in [6.45, 7) is 5.46. The summed E-state index contributed by atoms with van der Waals surface area (Å²) in [5.74, 6) is -1.58. The lowest BCUT2D eigenvalue weighted by Crippen LogP contribution is -2.31. The Bertz CT molecular complexity index is 1390. The van der Waals surface area contributed by atoms with Gasteiger partial charge in [0.1, 0.15) is 5.52 Å². The molecular formula is C23H20N4O4. The predicted octanol–water partition coefficient (Wildman–Crippen LogP) is 3.28. The van der Waals surface area contributed by atoms with Crippen LogP contribution in [0.4, 0.5) is 5.69 Å². The van der Waals surface area contributed by atoms with Gasteiger partial charge < -0.3 is 4.42 Å². The van der Waals surface area contributed by atoms with Gasteiger partial charge in [-0.25, -0.2) is 4.90 Å². The van der Waals surface area contributed by atoms with Crippen LogP contribution < -0.4 is 10.5 Å². The van der Waals surface area contributed by atoms with E-state index >= 15 is 0 Å². The normalized spacial score (nSPS) is 16.6. The van der Waals surface area contributed by atoms with Crippen LogP contribution in [0.15, 0.2) is 51.7 Å². The highest BCUT2D eigenvalue weighted by Gasteiger charge is 2.43. The number of imide groups is 1. The van der Waals surface area contributed by atoms with Crippen molar-refractivity contribution < 1.29 is 14.0 Å². The second kappa shape index (κ2) is 6.80. The molecule has 0 saturated carbocycles. The summed E-state index contributed by atoms with van der Waals surface area (Å²) < 4.78 is 6.88. The molecule has 0 spiro atoms. The number of anilines is 1. The first-order valence-electron chi connectivity index (χ1n) is 9.96. The summed E-state index contributed by atoms with van der Waals surface area (Å²) in [6, 6.07) is 12.9. The zero-order valence-corrected chi connectivity index (χ0v) is 17.3. The second-order valence-electron chi connectivity index (χ2n) is 7.87. The van der Waals surface area contributed by atoms with Gasteiger partial charge in [0, 0.05) is 12.1 Å². The van der Waals surface area contributed by atoms with E-state index in [0.717, 1.165) is 11.1 Å². The van der Waals surface area contributed by atoms with Crippen LogP contribution in [0.3, 0.4) is 0 Å². The Kier molecular flexibility index (Phi) is 4.18. The molecule has 8 heteroatoms. The highest BCUT2D eigenvalue weighted by Crippen LogP contribution is 2.35. The van der Waals surface area contributed by atoms with Crippen molar-refractivity contribution in [2.24, 2.45) is 0 Å². The van der Waals surface area contributed by atoms with Crippen molar-refractivity contribution in [1.29, 1.82) is 0 Å². The molecule has 5 rings (SSSR count). The molecule has 1 atom stereocenters. The van der Waals surface area contributed by atoms with Gasteiger partial charge in [0.15, 0.2) is 5.58 Å². The van der Waals surface area contributed by atoms with Crippen molar-refractivity contribution in [3.8, 4) is 6.01 Å². The van der Waals surface area contributed by atoms with E-state index in [1.807, 2.05) is 44.2 Å². The number of amides is 2.